The molecule has 0 unspecified atom stereocenters. The molecule has 0 aliphatic carbocycles. The highest BCUT2D eigenvalue weighted by molar-refractivity contribution is 7.11. The maximum atomic E-state index is 12.1. The van der Waals surface area contributed by atoms with Crippen molar-refractivity contribution >= 4 is 22.9 Å². The first-order chi connectivity index (χ1) is 8.47. The van der Waals surface area contributed by atoms with E-state index in [1.165, 1.54) is 0 Å². The van der Waals surface area contributed by atoms with Crippen molar-refractivity contribution in [3.8, 4) is 0 Å². The van der Waals surface area contributed by atoms with Gasteiger partial charge in [0.05, 0.1) is 5.01 Å². The Morgan fingerprint density at radius 3 is 2.56 bits per heavy atom. The average Bonchev–Trinajstić information content (AvgIpc) is 2.63. The van der Waals surface area contributed by atoms with Crippen molar-refractivity contribution in [2.75, 3.05) is 5.32 Å². The number of thiazole rings is 1. The average molecular weight is 260 g/mol. The molecule has 1 aromatic heterocycles. The Kier molecular flexibility index (Phi) is 3.48. The maximum absolute atomic E-state index is 12.1. The van der Waals surface area contributed by atoms with Gasteiger partial charge in [-0.15, -0.1) is 11.3 Å². The number of aromatic nitrogens is 1. The van der Waals surface area contributed by atoms with Crippen LogP contribution in [-0.4, -0.2) is 10.9 Å². The predicted octanol–water partition coefficient (Wildman–Crippen LogP) is 3.63. The van der Waals surface area contributed by atoms with E-state index in [2.05, 4.69) is 10.3 Å². The quantitative estimate of drug-likeness (QED) is 0.896. The number of nitrogens with zero attached hydrogens (tertiary/aromatic N) is 1. The number of hydrogen-bond acceptors (Lipinski definition) is 3. The molecule has 4 heteroatoms. The van der Waals surface area contributed by atoms with Crippen LogP contribution in [0.1, 0.15) is 31.5 Å². The van der Waals surface area contributed by atoms with Crippen LogP contribution in [0.5, 0.6) is 0 Å². The van der Waals surface area contributed by atoms with E-state index in [1.807, 2.05) is 45.9 Å². The maximum Gasteiger partial charge on any atom is 0.275 e. The second-order valence-corrected chi connectivity index (χ2v) is 5.82. The summed E-state index contributed by atoms with van der Waals surface area (Å²) >= 11 is 1.54. The van der Waals surface area contributed by atoms with Crippen molar-refractivity contribution in [3.63, 3.8) is 0 Å². The summed E-state index contributed by atoms with van der Waals surface area (Å²) in [5.74, 6) is -0.134. The number of carbonyl (C=O) groups excluding carboxylic acids is 1. The van der Waals surface area contributed by atoms with Crippen molar-refractivity contribution in [3.05, 3.63) is 44.9 Å². The summed E-state index contributed by atoms with van der Waals surface area (Å²) in [6, 6.07) is 6.01. The van der Waals surface area contributed by atoms with Gasteiger partial charge in [0, 0.05) is 10.6 Å². The molecule has 0 spiro atoms. The highest BCUT2D eigenvalue weighted by Crippen LogP contribution is 2.20. The molecule has 0 atom stereocenters. The highest BCUT2D eigenvalue weighted by atomic mass is 32.1. The molecule has 3 nitrogen and oxygen atoms in total. The summed E-state index contributed by atoms with van der Waals surface area (Å²) in [6.07, 6.45) is 0. The molecule has 1 amide bonds. The molecule has 0 saturated carbocycles. The lowest BCUT2D eigenvalue weighted by molar-refractivity contribution is 0.102. The van der Waals surface area contributed by atoms with Crippen LogP contribution in [0, 0.1) is 27.7 Å². The van der Waals surface area contributed by atoms with Crippen molar-refractivity contribution in [2.45, 2.75) is 27.7 Å². The van der Waals surface area contributed by atoms with Crippen LogP contribution in [0.2, 0.25) is 0 Å². The number of carbonyl (C=O) groups is 1. The fourth-order valence-corrected chi connectivity index (χ4v) is 2.61. The third-order valence-corrected chi connectivity index (χ3v) is 3.65. The van der Waals surface area contributed by atoms with E-state index in [1.54, 1.807) is 11.3 Å². The molecule has 1 N–H and O–H groups in total. The summed E-state index contributed by atoms with van der Waals surface area (Å²) in [6.45, 7) is 7.82. The number of anilines is 1. The minimum Gasteiger partial charge on any atom is -0.320 e. The Balaban J connectivity index is 2.26. The van der Waals surface area contributed by atoms with Gasteiger partial charge in [-0.2, -0.15) is 0 Å². The summed E-state index contributed by atoms with van der Waals surface area (Å²) < 4.78 is 0. The Labute approximate surface area is 111 Å². The van der Waals surface area contributed by atoms with Crippen molar-refractivity contribution in [1.29, 1.82) is 0 Å². The second-order valence-electron chi connectivity index (χ2n) is 4.41. The molecule has 0 aliphatic heterocycles. The monoisotopic (exact) mass is 260 g/mol. The zero-order chi connectivity index (χ0) is 13.3. The summed E-state index contributed by atoms with van der Waals surface area (Å²) in [5.41, 5.74) is 3.56. The van der Waals surface area contributed by atoms with Gasteiger partial charge in [0.2, 0.25) is 0 Å². The van der Waals surface area contributed by atoms with Gasteiger partial charge >= 0.3 is 0 Å². The van der Waals surface area contributed by atoms with Crippen molar-refractivity contribution in [2.24, 2.45) is 0 Å². The fourth-order valence-electron chi connectivity index (χ4n) is 1.79. The summed E-state index contributed by atoms with van der Waals surface area (Å²) in [7, 11) is 0. The lowest BCUT2D eigenvalue weighted by atomic mass is 10.1. The topological polar surface area (TPSA) is 42.0 Å². The van der Waals surface area contributed by atoms with E-state index >= 15 is 0 Å². The van der Waals surface area contributed by atoms with E-state index in [0.717, 1.165) is 26.7 Å². The van der Waals surface area contributed by atoms with E-state index < -0.39 is 0 Å². The molecule has 0 aliphatic rings. The van der Waals surface area contributed by atoms with E-state index in [9.17, 15) is 4.79 Å². The second kappa shape index (κ2) is 4.90. The minimum absolute atomic E-state index is 0.134. The first kappa shape index (κ1) is 12.8. The van der Waals surface area contributed by atoms with Gasteiger partial charge in [-0.05, 0) is 44.9 Å². The molecule has 94 valence electrons. The third kappa shape index (κ3) is 2.59. The summed E-state index contributed by atoms with van der Waals surface area (Å²) in [4.78, 5) is 17.4. The summed E-state index contributed by atoms with van der Waals surface area (Å²) in [5, 5.41) is 3.84. The first-order valence-corrected chi connectivity index (χ1v) is 6.61. The minimum atomic E-state index is -0.134. The smallest absolute Gasteiger partial charge is 0.275 e. The molecule has 2 aromatic rings. The molecule has 0 radical (unpaired) electrons. The Bertz CT molecular complexity index is 602. The van der Waals surface area contributed by atoms with Crippen LogP contribution in [0.15, 0.2) is 18.2 Å². The zero-order valence-electron chi connectivity index (χ0n) is 11.0. The molecule has 0 fully saturated rings. The normalized spacial score (nSPS) is 10.4. The number of benzene rings is 1. The predicted molar refractivity (Wildman–Crippen MR) is 75.5 cm³/mol. The van der Waals surface area contributed by atoms with Crippen LogP contribution in [0.3, 0.4) is 0 Å². The largest absolute Gasteiger partial charge is 0.320 e. The van der Waals surface area contributed by atoms with Gasteiger partial charge in [-0.3, -0.25) is 4.79 Å². The number of amides is 1. The molecule has 0 saturated heterocycles. The number of aryl methyl sites for hydroxylation is 4. The van der Waals surface area contributed by atoms with E-state index in [4.69, 9.17) is 0 Å². The van der Waals surface area contributed by atoms with Gasteiger partial charge in [0.15, 0.2) is 0 Å². The van der Waals surface area contributed by atoms with E-state index in [0.29, 0.717) is 5.69 Å². The highest BCUT2D eigenvalue weighted by Gasteiger charge is 2.14. The number of nitrogens with one attached hydrogen (secondary N) is 1. The molecule has 18 heavy (non-hydrogen) atoms. The van der Waals surface area contributed by atoms with Crippen LogP contribution in [0.4, 0.5) is 5.69 Å². The molecule has 1 heterocycles. The SMILES string of the molecule is Cc1ccc(C)c(NC(=O)c2nc(C)sc2C)c1. The standard InChI is InChI=1S/C14H16N2OS/c1-8-5-6-9(2)12(7-8)16-14(17)13-10(3)18-11(4)15-13/h5-7H,1-4H3,(H,16,17). The van der Waals surface area contributed by atoms with Gasteiger partial charge in [-0.1, -0.05) is 12.1 Å². The molecule has 0 bridgehead atoms. The lowest BCUT2D eigenvalue weighted by Gasteiger charge is -2.08. The van der Waals surface area contributed by atoms with Crippen LogP contribution in [-0.2, 0) is 0 Å². The van der Waals surface area contributed by atoms with Gasteiger partial charge in [-0.25, -0.2) is 4.98 Å². The molecule has 1 aromatic carbocycles. The zero-order valence-corrected chi connectivity index (χ0v) is 11.8. The first-order valence-electron chi connectivity index (χ1n) is 5.80. The molecular weight excluding hydrogens is 244 g/mol. The van der Waals surface area contributed by atoms with Gasteiger partial charge in [0.1, 0.15) is 5.69 Å². The number of rotatable bonds is 2. The van der Waals surface area contributed by atoms with Crippen LogP contribution in [0.25, 0.3) is 0 Å². The molecular formula is C14H16N2OS. The Hall–Kier alpha value is -1.68. The fraction of sp³-hybridized carbons (Fsp3) is 0.286. The molecule has 2 rings (SSSR count). The van der Waals surface area contributed by atoms with Crippen LogP contribution >= 0.6 is 11.3 Å². The lowest BCUT2D eigenvalue weighted by Crippen LogP contribution is -2.14. The Morgan fingerprint density at radius 1 is 1.22 bits per heavy atom. The number of hydrogen-bond donors (Lipinski definition) is 1. The van der Waals surface area contributed by atoms with Gasteiger partial charge in [0.25, 0.3) is 5.91 Å². The van der Waals surface area contributed by atoms with Crippen molar-refractivity contribution < 1.29 is 4.79 Å². The van der Waals surface area contributed by atoms with Crippen molar-refractivity contribution in [1.82, 2.24) is 4.98 Å². The third-order valence-electron chi connectivity index (χ3n) is 2.76. The van der Waals surface area contributed by atoms with Crippen LogP contribution < -0.4 is 5.32 Å². The Morgan fingerprint density at radius 2 is 1.94 bits per heavy atom. The van der Waals surface area contributed by atoms with E-state index in [-0.39, 0.29) is 5.91 Å². The van der Waals surface area contributed by atoms with Gasteiger partial charge < -0.3 is 5.32 Å².